The molecule has 6 heterocycles. The molecule has 14 heteroatoms. The second-order valence-corrected chi connectivity index (χ2v) is 15.9. The van der Waals surface area contributed by atoms with Crippen LogP contribution in [0.3, 0.4) is 0 Å². The highest BCUT2D eigenvalue weighted by atomic mass is 35.5. The summed E-state index contributed by atoms with van der Waals surface area (Å²) in [5.41, 5.74) is 6.45. The molecule has 9 rings (SSSR count). The lowest BCUT2D eigenvalue weighted by Gasteiger charge is -2.48. The van der Waals surface area contributed by atoms with Gasteiger partial charge in [0.05, 0.1) is 42.9 Å². The van der Waals surface area contributed by atoms with Gasteiger partial charge in [-0.2, -0.15) is 0 Å². The van der Waals surface area contributed by atoms with E-state index in [4.69, 9.17) is 62.8 Å². The number of nitrogens with one attached hydrogen (secondary N) is 1. The Morgan fingerprint density at radius 1 is 0.914 bits per heavy atom. The number of hydrogen-bond acceptors (Lipinski definition) is 9. The SMILES string of the molecule is C#Cc1nccc(N2CCC3Cn4c(nc(-c5ccc(Cl)c(Cl)c5)c4-c4ccnc(NC5CC5)n4)C4CCN(C)C2=C34)n1.C=CC.C=NC(=C)c1ccc(Cl)c(Cl)c1. The van der Waals surface area contributed by atoms with Gasteiger partial charge in [-0.15, -0.1) is 13.0 Å². The smallest absolute Gasteiger partial charge is 0.223 e. The number of rotatable bonds is 7. The third kappa shape index (κ3) is 8.50. The van der Waals surface area contributed by atoms with Crippen LogP contribution in [-0.2, 0) is 6.54 Å². The zero-order chi connectivity index (χ0) is 41.1. The Balaban J connectivity index is 0.000000290. The van der Waals surface area contributed by atoms with Crippen LogP contribution in [0.2, 0.25) is 20.1 Å². The van der Waals surface area contributed by atoms with Crippen molar-refractivity contribution in [1.82, 2.24) is 34.4 Å². The summed E-state index contributed by atoms with van der Waals surface area (Å²) >= 11 is 24.4. The van der Waals surface area contributed by atoms with Crippen LogP contribution in [0.5, 0.6) is 0 Å². The largest absolute Gasteiger partial charge is 0.361 e. The molecule has 2 atom stereocenters. The van der Waals surface area contributed by atoms with Crippen LogP contribution in [0.25, 0.3) is 28.3 Å². The van der Waals surface area contributed by atoms with Crippen LogP contribution >= 0.6 is 46.4 Å². The van der Waals surface area contributed by atoms with Crippen molar-refractivity contribution in [2.75, 3.05) is 30.4 Å². The van der Waals surface area contributed by atoms with E-state index in [2.05, 4.69) is 72.5 Å². The average molecular weight is 853 g/mol. The number of aromatic nitrogens is 6. The highest BCUT2D eigenvalue weighted by molar-refractivity contribution is 6.42. The number of nitrogens with zero attached hydrogens (tertiary/aromatic N) is 9. The maximum atomic E-state index is 6.53. The Morgan fingerprint density at radius 3 is 2.33 bits per heavy atom. The van der Waals surface area contributed by atoms with Gasteiger partial charge in [0.2, 0.25) is 11.8 Å². The summed E-state index contributed by atoms with van der Waals surface area (Å²) in [5, 5.41) is 5.50. The number of anilines is 2. The minimum Gasteiger partial charge on any atom is -0.361 e. The number of hydrogen-bond donors (Lipinski definition) is 1. The van der Waals surface area contributed by atoms with E-state index in [-0.39, 0.29) is 5.92 Å². The van der Waals surface area contributed by atoms with Crippen LogP contribution in [0.1, 0.15) is 55.7 Å². The van der Waals surface area contributed by atoms with E-state index in [1.54, 1.807) is 30.5 Å². The van der Waals surface area contributed by atoms with Crippen molar-refractivity contribution >= 4 is 70.6 Å². The minimum absolute atomic E-state index is 0.155. The number of imidazole rings is 1. The number of allylic oxidation sites excluding steroid dienone is 2. The maximum Gasteiger partial charge on any atom is 0.223 e. The van der Waals surface area contributed by atoms with Gasteiger partial charge < -0.3 is 19.7 Å². The lowest BCUT2D eigenvalue weighted by molar-refractivity contribution is 0.268. The first-order chi connectivity index (χ1) is 28.0. The Kier molecular flexibility index (Phi) is 12.5. The van der Waals surface area contributed by atoms with Gasteiger partial charge >= 0.3 is 0 Å². The second kappa shape index (κ2) is 17.8. The first-order valence-electron chi connectivity index (χ1n) is 18.9. The quantitative estimate of drug-likeness (QED) is 0.0982. The number of halogens is 4. The fourth-order valence-electron chi connectivity index (χ4n) is 7.57. The molecular weight excluding hydrogens is 810 g/mol. The summed E-state index contributed by atoms with van der Waals surface area (Å²) in [6.07, 6.45) is 15.2. The second-order valence-electron chi connectivity index (χ2n) is 14.3. The number of aliphatic imine (C=N–C) groups is 1. The molecule has 0 amide bonds. The molecule has 5 aromatic rings. The lowest BCUT2D eigenvalue weighted by atomic mass is 9.76. The number of terminal acetylenes is 1. The third-order valence-corrected chi connectivity index (χ3v) is 11.8. The summed E-state index contributed by atoms with van der Waals surface area (Å²) in [6.45, 7) is 14.8. The van der Waals surface area contributed by atoms with E-state index < -0.39 is 0 Å². The topological polar surface area (TPSA) is 100 Å². The van der Waals surface area contributed by atoms with Gasteiger partial charge in [-0.3, -0.25) is 4.99 Å². The minimum atomic E-state index is 0.155. The maximum absolute atomic E-state index is 6.53. The first kappa shape index (κ1) is 41.0. The lowest BCUT2D eigenvalue weighted by Crippen LogP contribution is -2.48. The molecule has 1 aliphatic carbocycles. The molecule has 0 saturated heterocycles. The molecule has 0 bridgehead atoms. The van der Waals surface area contributed by atoms with E-state index >= 15 is 0 Å². The summed E-state index contributed by atoms with van der Waals surface area (Å²) in [6, 6.07) is 15.3. The third-order valence-electron chi connectivity index (χ3n) is 10.3. The van der Waals surface area contributed by atoms with E-state index in [1.807, 2.05) is 43.5 Å². The standard InChI is InChI=1S/C32H29Cl2N9.C9H7Cl2N.C3H6/c1-3-25-35-13-9-26(39-25)42-15-10-19-17-43-29(24-8-12-36-32(38-24)37-20-5-6-20)28(18-4-7-22(33)23(34)16-18)40-30(43)21-11-14-41(2)31(42)27(19)21;1-6(12-2)7-3-4-8(10)9(11)5-7;1-3-2/h1,4,7-9,12-13,16,19-21H,5-6,10-11,14-15,17H2,2H3,(H,36,37,38);3-5H,1-2H2;3H,1H2,2H3. The van der Waals surface area contributed by atoms with Crippen molar-refractivity contribution in [2.24, 2.45) is 10.9 Å². The van der Waals surface area contributed by atoms with Crippen LogP contribution in [0.4, 0.5) is 11.8 Å². The van der Waals surface area contributed by atoms with E-state index in [0.717, 1.165) is 85.2 Å². The molecule has 58 heavy (non-hydrogen) atoms. The van der Waals surface area contributed by atoms with Crippen molar-refractivity contribution in [2.45, 2.75) is 51.1 Å². The molecule has 3 aliphatic heterocycles. The molecular formula is C44H42Cl4N10. The first-order valence-corrected chi connectivity index (χ1v) is 20.4. The van der Waals surface area contributed by atoms with Gasteiger partial charge in [0.15, 0.2) is 0 Å². The van der Waals surface area contributed by atoms with E-state index in [0.29, 0.717) is 49.5 Å². The van der Waals surface area contributed by atoms with E-state index in [9.17, 15) is 0 Å². The van der Waals surface area contributed by atoms with Crippen molar-refractivity contribution in [3.63, 3.8) is 0 Å². The normalized spacial score (nSPS) is 17.7. The molecule has 1 saturated carbocycles. The van der Waals surface area contributed by atoms with Crippen LogP contribution in [0.15, 0.2) is 96.5 Å². The highest BCUT2D eigenvalue weighted by Gasteiger charge is 2.45. The van der Waals surface area contributed by atoms with Gasteiger partial charge in [-0.1, -0.05) is 71.2 Å². The van der Waals surface area contributed by atoms with E-state index in [1.165, 1.54) is 11.4 Å². The Bertz CT molecular complexity index is 2460. The van der Waals surface area contributed by atoms with Crippen molar-refractivity contribution in [3.8, 4) is 35.0 Å². The summed E-state index contributed by atoms with van der Waals surface area (Å²) in [4.78, 5) is 32.1. The Hall–Kier alpha value is -5.18. The van der Waals surface area contributed by atoms with Crippen LogP contribution in [-0.4, -0.2) is 67.3 Å². The van der Waals surface area contributed by atoms with Gasteiger partial charge in [0, 0.05) is 68.1 Å². The summed E-state index contributed by atoms with van der Waals surface area (Å²) in [7, 11) is 2.17. The van der Waals surface area contributed by atoms with Gasteiger partial charge in [0.1, 0.15) is 17.5 Å². The number of benzene rings is 2. The predicted octanol–water partition coefficient (Wildman–Crippen LogP) is 10.7. The molecule has 4 aliphatic rings. The zero-order valence-corrected chi connectivity index (χ0v) is 35.3. The van der Waals surface area contributed by atoms with Crippen LogP contribution in [0, 0.1) is 18.3 Å². The fourth-order valence-corrected chi connectivity index (χ4v) is 8.16. The molecule has 3 aromatic heterocycles. The molecule has 2 aromatic carbocycles. The van der Waals surface area contributed by atoms with Crippen molar-refractivity contribution in [3.05, 3.63) is 129 Å². The van der Waals surface area contributed by atoms with Crippen molar-refractivity contribution < 1.29 is 0 Å². The highest BCUT2D eigenvalue weighted by Crippen LogP contribution is 2.50. The monoisotopic (exact) mass is 850 g/mol. The molecule has 1 N–H and O–H groups in total. The van der Waals surface area contributed by atoms with Crippen LogP contribution < -0.4 is 10.2 Å². The molecule has 2 unspecified atom stereocenters. The number of fused-ring (bicyclic) bond motifs is 2. The fraction of sp³-hybridized carbons (Fsp3) is 0.273. The zero-order valence-electron chi connectivity index (χ0n) is 32.3. The molecule has 1 fully saturated rings. The molecule has 10 nitrogen and oxygen atoms in total. The van der Waals surface area contributed by atoms with Crippen molar-refractivity contribution in [1.29, 1.82) is 0 Å². The molecule has 0 spiro atoms. The summed E-state index contributed by atoms with van der Waals surface area (Å²) in [5.74, 6) is 7.23. The molecule has 296 valence electrons. The molecule has 0 radical (unpaired) electrons. The van der Waals surface area contributed by atoms with Gasteiger partial charge in [-0.25, -0.2) is 24.9 Å². The van der Waals surface area contributed by atoms with Gasteiger partial charge in [0.25, 0.3) is 0 Å². The van der Waals surface area contributed by atoms with Gasteiger partial charge in [-0.05, 0) is 87.2 Å². The summed E-state index contributed by atoms with van der Waals surface area (Å²) < 4.78 is 2.40. The Morgan fingerprint density at radius 2 is 1.64 bits per heavy atom. The average Bonchev–Trinajstić information content (AvgIpc) is 3.97. The Labute approximate surface area is 359 Å². The predicted molar refractivity (Wildman–Crippen MR) is 239 cm³/mol.